The summed E-state index contributed by atoms with van der Waals surface area (Å²) in [5.41, 5.74) is 0. The van der Waals surface area contributed by atoms with Crippen LogP contribution in [0.25, 0.3) is 0 Å². The number of piperazine rings is 1. The van der Waals surface area contributed by atoms with Crippen LogP contribution in [0.2, 0.25) is 0 Å². The van der Waals surface area contributed by atoms with Crippen LogP contribution in [0.5, 0.6) is 0 Å². The summed E-state index contributed by atoms with van der Waals surface area (Å²) in [5, 5.41) is 5.81. The number of amides is 2. The van der Waals surface area contributed by atoms with Gasteiger partial charge in [-0.3, -0.25) is 0 Å². The Balaban J connectivity index is 2.20. The zero-order valence-electron chi connectivity index (χ0n) is 7.30. The lowest BCUT2D eigenvalue weighted by Gasteiger charge is -2.27. The Morgan fingerprint density at radius 1 is 1.58 bits per heavy atom. The number of hydrogen-bond acceptors (Lipinski definition) is 3. The van der Waals surface area contributed by atoms with E-state index in [2.05, 4.69) is 10.6 Å². The van der Waals surface area contributed by atoms with Crippen LogP contribution < -0.4 is 10.6 Å². The molecular formula is C7H15N3O2. The van der Waals surface area contributed by atoms with Crippen LogP contribution in [0.3, 0.4) is 0 Å². The minimum atomic E-state index is -0.0432. The zero-order chi connectivity index (χ0) is 8.81. The molecule has 1 rings (SSSR count). The minimum absolute atomic E-state index is 0.0432. The Morgan fingerprint density at radius 3 is 2.83 bits per heavy atom. The molecule has 1 saturated heterocycles. The molecule has 0 aromatic heterocycles. The van der Waals surface area contributed by atoms with Gasteiger partial charge in [-0.2, -0.15) is 0 Å². The molecule has 1 heterocycles. The van der Waals surface area contributed by atoms with Gasteiger partial charge < -0.3 is 20.3 Å². The molecule has 0 saturated carbocycles. The molecule has 5 nitrogen and oxygen atoms in total. The maximum absolute atomic E-state index is 11.3. The van der Waals surface area contributed by atoms with Gasteiger partial charge in [0, 0.05) is 33.3 Å². The van der Waals surface area contributed by atoms with Crippen molar-refractivity contribution in [3.8, 4) is 0 Å². The third kappa shape index (κ3) is 2.67. The minimum Gasteiger partial charge on any atom is -0.364 e. The number of nitrogens with one attached hydrogen (secondary N) is 2. The molecule has 0 spiro atoms. The first-order chi connectivity index (χ1) is 5.84. The maximum Gasteiger partial charge on any atom is 0.319 e. The molecule has 70 valence electrons. The van der Waals surface area contributed by atoms with E-state index in [1.807, 2.05) is 0 Å². The third-order valence-corrected chi connectivity index (χ3v) is 1.77. The van der Waals surface area contributed by atoms with Crippen LogP contribution in [0, 0.1) is 0 Å². The lowest BCUT2D eigenvalue weighted by molar-refractivity contribution is 0.150. The molecule has 0 aromatic carbocycles. The lowest BCUT2D eigenvalue weighted by atomic mass is 10.4. The van der Waals surface area contributed by atoms with E-state index in [0.29, 0.717) is 0 Å². The first-order valence-electron chi connectivity index (χ1n) is 4.07. The molecular weight excluding hydrogens is 158 g/mol. The van der Waals surface area contributed by atoms with Crippen molar-refractivity contribution in [1.82, 2.24) is 15.5 Å². The van der Waals surface area contributed by atoms with Gasteiger partial charge in [-0.1, -0.05) is 0 Å². The molecule has 1 aliphatic rings. The van der Waals surface area contributed by atoms with Crippen LogP contribution >= 0.6 is 0 Å². The van der Waals surface area contributed by atoms with E-state index in [1.54, 1.807) is 12.0 Å². The molecule has 1 aliphatic heterocycles. The second kappa shape index (κ2) is 4.95. The van der Waals surface area contributed by atoms with Crippen molar-refractivity contribution >= 4 is 6.03 Å². The van der Waals surface area contributed by atoms with Gasteiger partial charge >= 0.3 is 6.03 Å². The van der Waals surface area contributed by atoms with Crippen molar-refractivity contribution in [1.29, 1.82) is 0 Å². The Bertz CT molecular complexity index is 146. The van der Waals surface area contributed by atoms with E-state index >= 15 is 0 Å². The van der Waals surface area contributed by atoms with E-state index < -0.39 is 0 Å². The Hall–Kier alpha value is -0.810. The molecule has 0 atom stereocenters. The zero-order valence-corrected chi connectivity index (χ0v) is 7.30. The molecule has 12 heavy (non-hydrogen) atoms. The Morgan fingerprint density at radius 2 is 2.25 bits per heavy atom. The number of urea groups is 1. The summed E-state index contributed by atoms with van der Waals surface area (Å²) in [6.07, 6.45) is 0. The number of methoxy groups -OCH3 is 1. The average molecular weight is 173 g/mol. The fraction of sp³-hybridized carbons (Fsp3) is 0.857. The van der Waals surface area contributed by atoms with Gasteiger partial charge in [0.1, 0.15) is 6.73 Å². The van der Waals surface area contributed by atoms with Crippen molar-refractivity contribution < 1.29 is 9.53 Å². The standard InChI is InChI=1S/C7H15N3O2/c1-12-6-9-7(11)10-4-2-8-3-5-10/h8H,2-6H2,1H3,(H,9,11). The van der Waals surface area contributed by atoms with Gasteiger partial charge in [-0.05, 0) is 0 Å². The fourth-order valence-electron chi connectivity index (χ4n) is 1.11. The highest BCUT2D eigenvalue weighted by molar-refractivity contribution is 5.74. The summed E-state index contributed by atoms with van der Waals surface area (Å²) in [4.78, 5) is 13.0. The average Bonchev–Trinajstić information content (AvgIpc) is 2.15. The van der Waals surface area contributed by atoms with Gasteiger partial charge in [-0.15, -0.1) is 0 Å². The van der Waals surface area contributed by atoms with E-state index in [9.17, 15) is 4.79 Å². The molecule has 0 radical (unpaired) electrons. The molecule has 1 fully saturated rings. The monoisotopic (exact) mass is 173 g/mol. The van der Waals surface area contributed by atoms with Crippen molar-refractivity contribution in [3.63, 3.8) is 0 Å². The van der Waals surface area contributed by atoms with Gasteiger partial charge in [-0.25, -0.2) is 4.79 Å². The molecule has 2 N–H and O–H groups in total. The van der Waals surface area contributed by atoms with E-state index in [1.165, 1.54) is 0 Å². The fourth-order valence-corrected chi connectivity index (χ4v) is 1.11. The number of nitrogens with zero attached hydrogens (tertiary/aromatic N) is 1. The highest BCUT2D eigenvalue weighted by atomic mass is 16.5. The first kappa shape index (κ1) is 9.28. The normalized spacial score (nSPS) is 17.6. The molecule has 0 aliphatic carbocycles. The Kier molecular flexibility index (Phi) is 3.83. The molecule has 0 aromatic rings. The first-order valence-corrected chi connectivity index (χ1v) is 4.07. The van der Waals surface area contributed by atoms with Crippen LogP contribution in [0.15, 0.2) is 0 Å². The van der Waals surface area contributed by atoms with Crippen molar-refractivity contribution in [2.45, 2.75) is 0 Å². The summed E-state index contributed by atoms with van der Waals surface area (Å²) in [7, 11) is 1.55. The van der Waals surface area contributed by atoms with Crippen LogP contribution in [0.4, 0.5) is 4.79 Å². The number of carbonyl (C=O) groups is 1. The molecule has 0 unspecified atom stereocenters. The smallest absolute Gasteiger partial charge is 0.319 e. The van der Waals surface area contributed by atoms with Gasteiger partial charge in [0.2, 0.25) is 0 Å². The topological polar surface area (TPSA) is 53.6 Å². The van der Waals surface area contributed by atoms with E-state index in [0.717, 1.165) is 26.2 Å². The largest absolute Gasteiger partial charge is 0.364 e. The van der Waals surface area contributed by atoms with Crippen molar-refractivity contribution in [2.24, 2.45) is 0 Å². The maximum atomic E-state index is 11.3. The van der Waals surface area contributed by atoms with Gasteiger partial charge in [0.25, 0.3) is 0 Å². The second-order valence-electron chi connectivity index (χ2n) is 2.65. The highest BCUT2D eigenvalue weighted by Gasteiger charge is 2.14. The third-order valence-electron chi connectivity index (χ3n) is 1.77. The van der Waals surface area contributed by atoms with Gasteiger partial charge in [0.15, 0.2) is 0 Å². The summed E-state index contributed by atoms with van der Waals surface area (Å²) < 4.78 is 4.73. The quantitative estimate of drug-likeness (QED) is 0.538. The number of hydrogen-bond donors (Lipinski definition) is 2. The van der Waals surface area contributed by atoms with Crippen molar-refractivity contribution in [3.05, 3.63) is 0 Å². The summed E-state index contributed by atoms with van der Waals surface area (Å²) in [5.74, 6) is 0. The predicted octanol–water partition coefficient (Wildman–Crippen LogP) is -0.795. The van der Waals surface area contributed by atoms with Gasteiger partial charge in [0.05, 0.1) is 0 Å². The highest BCUT2D eigenvalue weighted by Crippen LogP contribution is 1.91. The number of rotatable bonds is 2. The van der Waals surface area contributed by atoms with Crippen LogP contribution in [-0.2, 0) is 4.74 Å². The second-order valence-corrected chi connectivity index (χ2v) is 2.65. The molecule has 5 heteroatoms. The van der Waals surface area contributed by atoms with E-state index in [-0.39, 0.29) is 12.8 Å². The van der Waals surface area contributed by atoms with Crippen molar-refractivity contribution in [2.75, 3.05) is 40.0 Å². The SMILES string of the molecule is COCNC(=O)N1CCNCC1. The summed E-state index contributed by atoms with van der Waals surface area (Å²) in [6, 6.07) is -0.0432. The molecule has 0 bridgehead atoms. The molecule has 2 amide bonds. The van der Waals surface area contributed by atoms with Crippen LogP contribution in [0.1, 0.15) is 0 Å². The summed E-state index contributed by atoms with van der Waals surface area (Å²) in [6.45, 7) is 3.58. The lowest BCUT2D eigenvalue weighted by Crippen LogP contribution is -2.50. The van der Waals surface area contributed by atoms with Crippen LogP contribution in [-0.4, -0.2) is 51.0 Å². The van der Waals surface area contributed by atoms with E-state index in [4.69, 9.17) is 4.74 Å². The number of ether oxygens (including phenoxy) is 1. The predicted molar refractivity (Wildman–Crippen MR) is 44.9 cm³/mol. The number of carbonyl (C=O) groups excluding carboxylic acids is 1. The summed E-state index contributed by atoms with van der Waals surface area (Å²) >= 11 is 0. The Labute approximate surface area is 72.1 Å².